The van der Waals surface area contributed by atoms with Crippen LogP contribution < -0.4 is 15.2 Å². The number of ether oxygens (including phenoxy) is 1. The maximum absolute atomic E-state index is 13.3. The minimum atomic E-state index is -2.61. The Labute approximate surface area is 172 Å². The maximum atomic E-state index is 13.3. The van der Waals surface area contributed by atoms with Crippen LogP contribution in [0.1, 0.15) is 29.7 Å². The molecule has 8 heteroatoms. The molecule has 158 valence electrons. The number of benzene rings is 1. The summed E-state index contributed by atoms with van der Waals surface area (Å²) in [6, 6.07) is 6.90. The van der Waals surface area contributed by atoms with Crippen molar-refractivity contribution in [2.24, 2.45) is 7.05 Å². The molecule has 0 radical (unpaired) electrons. The molecular formula is C22H23F2N3O3. The fraction of sp³-hybridized carbons (Fsp3) is 0.364. The summed E-state index contributed by atoms with van der Waals surface area (Å²) in [7, 11) is 1.69. The summed E-state index contributed by atoms with van der Waals surface area (Å²) in [5.74, 6) is 0.496. The van der Waals surface area contributed by atoms with Crippen LogP contribution in [0, 0.1) is 6.92 Å². The minimum Gasteiger partial charge on any atom is -0.491 e. The maximum Gasteiger partial charge on any atom is 0.265 e. The first-order valence-electron chi connectivity index (χ1n) is 9.83. The van der Waals surface area contributed by atoms with Crippen molar-refractivity contribution in [2.75, 3.05) is 24.7 Å². The fourth-order valence-electron chi connectivity index (χ4n) is 3.96. The van der Waals surface area contributed by atoms with E-state index in [-0.39, 0.29) is 24.3 Å². The van der Waals surface area contributed by atoms with E-state index >= 15 is 0 Å². The smallest absolute Gasteiger partial charge is 0.265 e. The molecule has 3 aromatic rings. The Morgan fingerprint density at radius 3 is 2.77 bits per heavy atom. The zero-order valence-corrected chi connectivity index (χ0v) is 16.9. The first kappa shape index (κ1) is 20.3. The van der Waals surface area contributed by atoms with Gasteiger partial charge in [0.2, 0.25) is 0 Å². The minimum absolute atomic E-state index is 0.110. The van der Waals surface area contributed by atoms with Gasteiger partial charge in [-0.05, 0) is 31.9 Å². The van der Waals surface area contributed by atoms with Gasteiger partial charge in [-0.15, -0.1) is 0 Å². The van der Waals surface area contributed by atoms with Crippen molar-refractivity contribution in [3.05, 3.63) is 57.6 Å². The molecule has 1 aliphatic rings. The van der Waals surface area contributed by atoms with E-state index in [0.717, 1.165) is 23.2 Å². The van der Waals surface area contributed by atoms with Crippen LogP contribution in [-0.4, -0.2) is 34.4 Å². The molecule has 0 amide bonds. The third-order valence-electron chi connectivity index (χ3n) is 5.43. The highest BCUT2D eigenvalue weighted by molar-refractivity contribution is 5.96. The first-order chi connectivity index (χ1) is 14.4. The number of halogens is 2. The van der Waals surface area contributed by atoms with Gasteiger partial charge < -0.3 is 19.3 Å². The number of nitrogens with zero attached hydrogens (tertiary/aromatic N) is 3. The van der Waals surface area contributed by atoms with Gasteiger partial charge in [0.15, 0.2) is 0 Å². The van der Waals surface area contributed by atoms with Gasteiger partial charge in [0, 0.05) is 48.4 Å². The quantitative estimate of drug-likeness (QED) is 0.689. The van der Waals surface area contributed by atoms with Crippen LogP contribution in [0.5, 0.6) is 5.75 Å². The molecule has 2 aromatic heterocycles. The van der Waals surface area contributed by atoms with E-state index in [1.807, 2.05) is 17.0 Å². The Morgan fingerprint density at radius 1 is 1.23 bits per heavy atom. The summed E-state index contributed by atoms with van der Waals surface area (Å²) < 4.78 is 33.9. The van der Waals surface area contributed by atoms with Gasteiger partial charge in [0.1, 0.15) is 12.4 Å². The molecule has 0 saturated carbocycles. The zero-order chi connectivity index (χ0) is 21.4. The molecule has 0 aliphatic carbocycles. The number of hydrogen-bond acceptors (Lipinski definition) is 5. The third-order valence-corrected chi connectivity index (χ3v) is 5.43. The summed E-state index contributed by atoms with van der Waals surface area (Å²) in [4.78, 5) is 18.7. The average Bonchev–Trinajstić information content (AvgIpc) is 2.75. The Balaban J connectivity index is 1.97. The highest BCUT2D eigenvalue weighted by Gasteiger charge is 2.24. The largest absolute Gasteiger partial charge is 0.491 e. The van der Waals surface area contributed by atoms with Crippen molar-refractivity contribution in [3.63, 3.8) is 0 Å². The predicted octanol–water partition coefficient (Wildman–Crippen LogP) is 3.63. The fourth-order valence-corrected chi connectivity index (χ4v) is 3.96. The van der Waals surface area contributed by atoms with Gasteiger partial charge in [-0.1, -0.05) is 0 Å². The lowest BCUT2D eigenvalue weighted by atomic mass is 10.0. The number of aryl methyl sites for hydroxylation is 3. The van der Waals surface area contributed by atoms with E-state index in [1.165, 1.54) is 12.3 Å². The highest BCUT2D eigenvalue weighted by atomic mass is 19.3. The number of aliphatic hydroxyl groups is 1. The van der Waals surface area contributed by atoms with Gasteiger partial charge in [0.05, 0.1) is 29.2 Å². The molecule has 4 rings (SSSR count). The van der Waals surface area contributed by atoms with Crippen LogP contribution in [0.15, 0.2) is 35.3 Å². The number of pyridine rings is 2. The molecular weight excluding hydrogens is 392 g/mol. The van der Waals surface area contributed by atoms with E-state index in [2.05, 4.69) is 4.98 Å². The predicted molar refractivity (Wildman–Crippen MR) is 111 cm³/mol. The molecule has 1 N–H and O–H groups in total. The molecule has 0 bridgehead atoms. The molecule has 0 atom stereocenters. The molecule has 0 saturated heterocycles. The number of anilines is 2. The van der Waals surface area contributed by atoms with Crippen LogP contribution in [-0.2, 0) is 13.5 Å². The number of alkyl halides is 2. The van der Waals surface area contributed by atoms with Crippen LogP contribution >= 0.6 is 0 Å². The molecule has 1 aromatic carbocycles. The van der Waals surface area contributed by atoms with Crippen molar-refractivity contribution in [3.8, 4) is 5.75 Å². The van der Waals surface area contributed by atoms with Crippen molar-refractivity contribution in [1.82, 2.24) is 9.55 Å². The van der Waals surface area contributed by atoms with Crippen molar-refractivity contribution in [1.29, 1.82) is 0 Å². The van der Waals surface area contributed by atoms with Gasteiger partial charge >= 0.3 is 0 Å². The van der Waals surface area contributed by atoms with Crippen LogP contribution in [0.3, 0.4) is 0 Å². The molecule has 0 spiro atoms. The average molecular weight is 415 g/mol. The molecule has 1 aliphatic heterocycles. The summed E-state index contributed by atoms with van der Waals surface area (Å²) >= 11 is 0. The monoisotopic (exact) mass is 415 g/mol. The number of aromatic nitrogens is 2. The molecule has 3 heterocycles. The second kappa shape index (κ2) is 8.02. The normalized spacial score (nSPS) is 13.7. The van der Waals surface area contributed by atoms with E-state index in [1.54, 1.807) is 24.6 Å². The number of fused-ring (bicyclic) bond motifs is 2. The molecule has 6 nitrogen and oxygen atoms in total. The first-order valence-corrected chi connectivity index (χ1v) is 9.83. The van der Waals surface area contributed by atoms with Crippen molar-refractivity contribution >= 4 is 22.3 Å². The summed E-state index contributed by atoms with van der Waals surface area (Å²) in [6.45, 7) is 2.34. The van der Waals surface area contributed by atoms with E-state index in [0.29, 0.717) is 35.5 Å². The molecule has 0 fully saturated rings. The van der Waals surface area contributed by atoms with Crippen LogP contribution in [0.2, 0.25) is 0 Å². The van der Waals surface area contributed by atoms with Crippen LogP contribution in [0.4, 0.5) is 20.2 Å². The Hall–Kier alpha value is -3.00. The number of rotatable bonds is 5. The zero-order valence-electron chi connectivity index (χ0n) is 16.9. The highest BCUT2D eigenvalue weighted by Crippen LogP contribution is 2.40. The van der Waals surface area contributed by atoms with Gasteiger partial charge in [-0.25, -0.2) is 8.78 Å². The SMILES string of the molecule is Cc1cc2c(N3CCCc4ncc(C(F)F)cc43)cc(OCCO)cc2n(C)c1=O. The number of aliphatic hydroxyl groups excluding tert-OH is 1. The lowest BCUT2D eigenvalue weighted by Crippen LogP contribution is -2.27. The van der Waals surface area contributed by atoms with Crippen molar-refractivity contribution < 1.29 is 18.6 Å². The van der Waals surface area contributed by atoms with Gasteiger partial charge in [0.25, 0.3) is 12.0 Å². The summed E-state index contributed by atoms with van der Waals surface area (Å²) in [5, 5.41) is 9.96. The van der Waals surface area contributed by atoms with Gasteiger partial charge in [-0.3, -0.25) is 9.78 Å². The van der Waals surface area contributed by atoms with E-state index in [4.69, 9.17) is 9.84 Å². The van der Waals surface area contributed by atoms with E-state index in [9.17, 15) is 13.6 Å². The second-order valence-electron chi connectivity index (χ2n) is 7.43. The topological polar surface area (TPSA) is 67.6 Å². The van der Waals surface area contributed by atoms with Gasteiger partial charge in [-0.2, -0.15) is 0 Å². The molecule has 30 heavy (non-hydrogen) atoms. The third kappa shape index (κ3) is 3.52. The van der Waals surface area contributed by atoms with Crippen molar-refractivity contribution in [2.45, 2.75) is 26.2 Å². The van der Waals surface area contributed by atoms with Crippen LogP contribution in [0.25, 0.3) is 10.9 Å². The standard InChI is InChI=1S/C22H23F2N3O3/c1-13-8-16-18(26(2)22(13)29)10-15(30-7-6-28)11-19(16)27-5-3-4-17-20(27)9-14(12-25-17)21(23)24/h8-12,21,28H,3-7H2,1-2H3. The lowest BCUT2D eigenvalue weighted by Gasteiger charge is -2.32. The summed E-state index contributed by atoms with van der Waals surface area (Å²) in [6.07, 6.45) is 0.165. The second-order valence-corrected chi connectivity index (χ2v) is 7.43. The Morgan fingerprint density at radius 2 is 2.03 bits per heavy atom. The molecule has 0 unspecified atom stereocenters. The Bertz CT molecular complexity index is 1160. The lowest BCUT2D eigenvalue weighted by molar-refractivity contribution is 0.151. The summed E-state index contributed by atoms with van der Waals surface area (Å²) in [5.41, 5.74) is 3.18. The Kier molecular flexibility index (Phi) is 5.42. The van der Waals surface area contributed by atoms with E-state index < -0.39 is 6.43 Å². The number of hydrogen-bond donors (Lipinski definition) is 1.